The second kappa shape index (κ2) is 7.05. The van der Waals surface area contributed by atoms with E-state index in [0.717, 1.165) is 43.5 Å². The highest BCUT2D eigenvalue weighted by Gasteiger charge is 2.23. The first-order chi connectivity index (χ1) is 9.04. The van der Waals surface area contributed by atoms with Crippen molar-refractivity contribution in [1.29, 1.82) is 0 Å². The molecule has 1 aliphatic heterocycles. The zero-order chi connectivity index (χ0) is 14.0. The van der Waals surface area contributed by atoms with Crippen molar-refractivity contribution in [2.75, 3.05) is 11.4 Å². The lowest BCUT2D eigenvalue weighted by Gasteiger charge is -2.35. The van der Waals surface area contributed by atoms with E-state index in [4.69, 9.17) is 0 Å². The van der Waals surface area contributed by atoms with Crippen LogP contribution in [0, 0.1) is 0 Å². The number of anilines is 1. The molecule has 0 atom stereocenters. The Morgan fingerprint density at radius 2 is 1.95 bits per heavy atom. The van der Waals surface area contributed by atoms with Crippen LogP contribution in [0.3, 0.4) is 0 Å². The maximum Gasteiger partial charge on any atom is 0.264 e. The first-order valence-corrected chi connectivity index (χ1v) is 7.25. The van der Waals surface area contributed by atoms with Gasteiger partial charge in [-0.2, -0.15) is 0 Å². The standard InChI is InChI=1S/C16H23F2N.CH4/c1-4-6-12-9-13-7-5-8-19(11(2)3)15(13)10-14(12)16(17)18;/h9-11,16H,4-8H2,1-3H3;1H4. The number of hydrogen-bond acceptors (Lipinski definition) is 1. The number of benzene rings is 1. The summed E-state index contributed by atoms with van der Waals surface area (Å²) in [6.45, 7) is 7.25. The third-order valence-corrected chi connectivity index (χ3v) is 3.87. The number of fused-ring (bicyclic) bond motifs is 1. The van der Waals surface area contributed by atoms with Gasteiger partial charge >= 0.3 is 0 Å². The lowest BCUT2D eigenvalue weighted by atomic mass is 9.93. The topological polar surface area (TPSA) is 3.24 Å². The summed E-state index contributed by atoms with van der Waals surface area (Å²) >= 11 is 0. The van der Waals surface area contributed by atoms with Crippen molar-refractivity contribution in [2.24, 2.45) is 0 Å². The van der Waals surface area contributed by atoms with Crippen molar-refractivity contribution in [3.8, 4) is 0 Å². The zero-order valence-corrected chi connectivity index (χ0v) is 12.0. The Balaban J connectivity index is 0.00000200. The van der Waals surface area contributed by atoms with E-state index in [9.17, 15) is 8.78 Å². The second-order valence-corrected chi connectivity index (χ2v) is 5.62. The highest BCUT2D eigenvalue weighted by molar-refractivity contribution is 5.60. The van der Waals surface area contributed by atoms with E-state index in [1.807, 2.05) is 13.0 Å². The number of halogens is 2. The van der Waals surface area contributed by atoms with Gasteiger partial charge < -0.3 is 4.90 Å². The summed E-state index contributed by atoms with van der Waals surface area (Å²) in [4.78, 5) is 2.25. The lowest BCUT2D eigenvalue weighted by molar-refractivity contribution is 0.150. The molecule has 1 heterocycles. The molecule has 2 rings (SSSR count). The molecule has 0 saturated carbocycles. The average molecular weight is 283 g/mol. The molecule has 1 aromatic rings. The number of nitrogens with zero attached hydrogens (tertiary/aromatic N) is 1. The van der Waals surface area contributed by atoms with Gasteiger partial charge in [-0.15, -0.1) is 0 Å². The van der Waals surface area contributed by atoms with Crippen molar-refractivity contribution in [3.63, 3.8) is 0 Å². The largest absolute Gasteiger partial charge is 0.369 e. The summed E-state index contributed by atoms with van der Waals surface area (Å²) in [6.07, 6.45) is 1.41. The molecule has 3 heteroatoms. The monoisotopic (exact) mass is 283 g/mol. The lowest BCUT2D eigenvalue weighted by Crippen LogP contribution is -2.35. The highest BCUT2D eigenvalue weighted by atomic mass is 19.3. The minimum Gasteiger partial charge on any atom is -0.369 e. The number of hydrogen-bond donors (Lipinski definition) is 0. The predicted octanol–water partition coefficient (Wildman–Crippen LogP) is 5.37. The van der Waals surface area contributed by atoms with E-state index < -0.39 is 6.43 Å². The summed E-state index contributed by atoms with van der Waals surface area (Å²) in [7, 11) is 0. The molecule has 0 aromatic heterocycles. The van der Waals surface area contributed by atoms with Crippen molar-refractivity contribution in [3.05, 3.63) is 28.8 Å². The fourth-order valence-electron chi connectivity index (χ4n) is 2.95. The molecule has 0 unspecified atom stereocenters. The van der Waals surface area contributed by atoms with Gasteiger partial charge in [-0.25, -0.2) is 8.78 Å². The Morgan fingerprint density at radius 1 is 1.25 bits per heavy atom. The molecule has 1 aliphatic rings. The van der Waals surface area contributed by atoms with Crippen LogP contribution in [0.4, 0.5) is 14.5 Å². The van der Waals surface area contributed by atoms with E-state index in [1.54, 1.807) is 6.07 Å². The van der Waals surface area contributed by atoms with Crippen LogP contribution in [-0.2, 0) is 12.8 Å². The minimum atomic E-state index is -2.37. The molecule has 0 bridgehead atoms. The normalized spacial score (nSPS) is 14.4. The summed E-state index contributed by atoms with van der Waals surface area (Å²) < 4.78 is 26.5. The SMILES string of the molecule is C.CCCc1cc2c(cc1C(F)F)N(C(C)C)CCC2. The van der Waals surface area contributed by atoms with Gasteiger partial charge in [0.15, 0.2) is 0 Å². The van der Waals surface area contributed by atoms with E-state index in [1.165, 1.54) is 5.56 Å². The first-order valence-electron chi connectivity index (χ1n) is 7.25. The fourth-order valence-corrected chi connectivity index (χ4v) is 2.95. The molecular weight excluding hydrogens is 256 g/mol. The van der Waals surface area contributed by atoms with Gasteiger partial charge in [-0.1, -0.05) is 26.8 Å². The van der Waals surface area contributed by atoms with Crippen LogP contribution in [-0.4, -0.2) is 12.6 Å². The van der Waals surface area contributed by atoms with Crippen LogP contribution in [0.2, 0.25) is 0 Å². The fraction of sp³-hybridized carbons (Fsp3) is 0.647. The van der Waals surface area contributed by atoms with Gasteiger partial charge in [-0.05, 0) is 50.3 Å². The van der Waals surface area contributed by atoms with Crippen LogP contribution in [0.1, 0.15) is 64.2 Å². The molecule has 0 spiro atoms. The summed E-state index contributed by atoms with van der Waals surface area (Å²) in [6, 6.07) is 4.13. The van der Waals surface area contributed by atoms with Gasteiger partial charge in [-0.3, -0.25) is 0 Å². The number of rotatable bonds is 4. The van der Waals surface area contributed by atoms with Crippen LogP contribution >= 0.6 is 0 Å². The van der Waals surface area contributed by atoms with Gasteiger partial charge in [0.1, 0.15) is 0 Å². The van der Waals surface area contributed by atoms with Crippen LogP contribution in [0.5, 0.6) is 0 Å². The summed E-state index contributed by atoms with van der Waals surface area (Å²) in [5.41, 5.74) is 3.33. The van der Waals surface area contributed by atoms with Crippen molar-refractivity contribution in [1.82, 2.24) is 0 Å². The van der Waals surface area contributed by atoms with Crippen molar-refractivity contribution >= 4 is 5.69 Å². The number of alkyl halides is 2. The molecule has 0 saturated heterocycles. The minimum absolute atomic E-state index is 0. The van der Waals surface area contributed by atoms with Crippen LogP contribution < -0.4 is 4.90 Å². The molecule has 1 aromatic carbocycles. The van der Waals surface area contributed by atoms with Crippen molar-refractivity contribution in [2.45, 2.75) is 66.3 Å². The zero-order valence-electron chi connectivity index (χ0n) is 12.0. The highest BCUT2D eigenvalue weighted by Crippen LogP contribution is 2.35. The Labute approximate surface area is 122 Å². The Bertz CT molecular complexity index is 441. The van der Waals surface area contributed by atoms with Gasteiger partial charge in [0, 0.05) is 23.8 Å². The van der Waals surface area contributed by atoms with E-state index in [0.29, 0.717) is 6.04 Å². The molecule has 114 valence electrons. The molecular formula is C17H27F2N. The quantitative estimate of drug-likeness (QED) is 0.717. The third-order valence-electron chi connectivity index (χ3n) is 3.87. The second-order valence-electron chi connectivity index (χ2n) is 5.62. The van der Waals surface area contributed by atoms with Crippen LogP contribution in [0.25, 0.3) is 0 Å². The van der Waals surface area contributed by atoms with Gasteiger partial charge in [0.25, 0.3) is 6.43 Å². The molecule has 0 aliphatic carbocycles. The number of aryl methyl sites for hydroxylation is 2. The van der Waals surface area contributed by atoms with Gasteiger partial charge in [0.2, 0.25) is 0 Å². The summed E-state index contributed by atoms with van der Waals surface area (Å²) in [5, 5.41) is 0. The first kappa shape index (κ1) is 16.9. The predicted molar refractivity (Wildman–Crippen MR) is 82.9 cm³/mol. The van der Waals surface area contributed by atoms with E-state index in [2.05, 4.69) is 18.7 Å². The molecule has 0 amide bonds. The van der Waals surface area contributed by atoms with E-state index >= 15 is 0 Å². The Hall–Kier alpha value is -1.12. The molecule has 20 heavy (non-hydrogen) atoms. The average Bonchev–Trinajstić information content (AvgIpc) is 2.37. The van der Waals surface area contributed by atoms with Crippen molar-refractivity contribution < 1.29 is 8.78 Å². The van der Waals surface area contributed by atoms with Gasteiger partial charge in [0.05, 0.1) is 0 Å². The third kappa shape index (κ3) is 3.31. The maximum absolute atomic E-state index is 13.2. The molecule has 0 fully saturated rings. The molecule has 0 N–H and O–H groups in total. The smallest absolute Gasteiger partial charge is 0.264 e. The molecule has 1 nitrogen and oxygen atoms in total. The van der Waals surface area contributed by atoms with E-state index in [-0.39, 0.29) is 13.0 Å². The maximum atomic E-state index is 13.2. The molecule has 0 radical (unpaired) electrons. The Kier molecular flexibility index (Phi) is 5.97. The van der Waals surface area contributed by atoms with Crippen LogP contribution in [0.15, 0.2) is 12.1 Å². The Morgan fingerprint density at radius 3 is 2.50 bits per heavy atom. The summed E-state index contributed by atoms with van der Waals surface area (Å²) in [5.74, 6) is 0.